The number of aliphatic carboxylic acids is 1. The summed E-state index contributed by atoms with van der Waals surface area (Å²) < 4.78 is 0.123. The van der Waals surface area contributed by atoms with Gasteiger partial charge in [-0.25, -0.2) is 0 Å². The first-order valence-electron chi connectivity index (χ1n) is 9.76. The second-order valence-electron chi connectivity index (χ2n) is 7.40. The summed E-state index contributed by atoms with van der Waals surface area (Å²) in [6.07, 6.45) is 12.8. The SMILES string of the molecule is CCCCCCCCCCCCC(O)C[N+](C)(CCO)CC(=O)[O-]. The number of quaternary nitrogens is 1. The van der Waals surface area contributed by atoms with E-state index in [1.54, 1.807) is 7.05 Å². The Morgan fingerprint density at radius 3 is 1.96 bits per heavy atom. The lowest BCUT2D eigenvalue weighted by atomic mass is 10.0. The number of unbranched alkanes of at least 4 members (excludes halogenated alkanes) is 9. The van der Waals surface area contributed by atoms with Crippen LogP contribution in [0.2, 0.25) is 0 Å². The highest BCUT2D eigenvalue weighted by Crippen LogP contribution is 2.13. The fourth-order valence-corrected chi connectivity index (χ4v) is 3.26. The second kappa shape index (κ2) is 14.7. The van der Waals surface area contributed by atoms with E-state index < -0.39 is 12.1 Å². The van der Waals surface area contributed by atoms with E-state index in [0.29, 0.717) is 19.5 Å². The van der Waals surface area contributed by atoms with Crippen LogP contribution in [0.1, 0.15) is 77.6 Å². The van der Waals surface area contributed by atoms with Crippen molar-refractivity contribution in [1.29, 1.82) is 0 Å². The first-order valence-corrected chi connectivity index (χ1v) is 9.76. The van der Waals surface area contributed by atoms with Crippen molar-refractivity contribution < 1.29 is 24.6 Å². The third-order valence-electron chi connectivity index (χ3n) is 4.69. The van der Waals surface area contributed by atoms with Crippen molar-refractivity contribution in [1.82, 2.24) is 0 Å². The van der Waals surface area contributed by atoms with Crippen LogP contribution in [0.25, 0.3) is 0 Å². The van der Waals surface area contributed by atoms with Crippen LogP contribution in [-0.2, 0) is 4.79 Å². The van der Waals surface area contributed by atoms with Gasteiger partial charge in [-0.05, 0) is 6.42 Å². The van der Waals surface area contributed by atoms with E-state index >= 15 is 0 Å². The highest BCUT2D eigenvalue weighted by atomic mass is 16.4. The normalized spacial score (nSPS) is 15.2. The molecule has 0 rings (SSSR count). The summed E-state index contributed by atoms with van der Waals surface area (Å²) >= 11 is 0. The Hall–Kier alpha value is -0.650. The summed E-state index contributed by atoms with van der Waals surface area (Å²) in [5.74, 6) is -1.14. The van der Waals surface area contributed by atoms with Gasteiger partial charge >= 0.3 is 0 Å². The van der Waals surface area contributed by atoms with Crippen LogP contribution in [0.15, 0.2) is 0 Å². The van der Waals surface area contributed by atoms with Crippen molar-refractivity contribution in [3.63, 3.8) is 0 Å². The Labute approximate surface area is 148 Å². The topological polar surface area (TPSA) is 80.6 Å². The summed E-state index contributed by atoms with van der Waals surface area (Å²) in [4.78, 5) is 10.8. The zero-order valence-electron chi connectivity index (χ0n) is 15.8. The van der Waals surface area contributed by atoms with E-state index in [4.69, 9.17) is 5.11 Å². The predicted molar refractivity (Wildman–Crippen MR) is 95.3 cm³/mol. The maximum atomic E-state index is 10.8. The van der Waals surface area contributed by atoms with Crippen LogP contribution in [0.3, 0.4) is 0 Å². The molecule has 2 N–H and O–H groups in total. The van der Waals surface area contributed by atoms with Crippen LogP contribution in [0, 0.1) is 0 Å². The lowest BCUT2D eigenvalue weighted by Crippen LogP contribution is -2.55. The molecule has 0 fully saturated rings. The Morgan fingerprint density at radius 1 is 1.00 bits per heavy atom. The highest BCUT2D eigenvalue weighted by Gasteiger charge is 2.25. The number of carbonyl (C=O) groups is 1. The van der Waals surface area contributed by atoms with Gasteiger partial charge in [0.2, 0.25) is 0 Å². The maximum absolute atomic E-state index is 10.8. The van der Waals surface area contributed by atoms with Gasteiger partial charge in [0.05, 0.1) is 19.6 Å². The molecule has 0 bridgehead atoms. The Morgan fingerprint density at radius 2 is 1.50 bits per heavy atom. The number of rotatable bonds is 17. The van der Waals surface area contributed by atoms with Crippen molar-refractivity contribution in [3.05, 3.63) is 0 Å². The van der Waals surface area contributed by atoms with Crippen molar-refractivity contribution in [2.75, 3.05) is 33.3 Å². The number of aliphatic hydroxyl groups is 2. The Balaban J connectivity index is 3.70. The van der Waals surface area contributed by atoms with E-state index in [1.165, 1.54) is 51.4 Å². The third kappa shape index (κ3) is 13.8. The number of carbonyl (C=O) groups excluding carboxylic acids is 1. The molecule has 0 radical (unpaired) electrons. The molecule has 0 aliphatic carbocycles. The minimum absolute atomic E-state index is 0.0885. The molecule has 144 valence electrons. The zero-order valence-corrected chi connectivity index (χ0v) is 15.8. The monoisotopic (exact) mass is 345 g/mol. The fraction of sp³-hybridized carbons (Fsp3) is 0.947. The minimum atomic E-state index is -1.14. The number of carboxylic acids is 1. The fourth-order valence-electron chi connectivity index (χ4n) is 3.26. The van der Waals surface area contributed by atoms with Crippen molar-refractivity contribution >= 4 is 5.97 Å². The van der Waals surface area contributed by atoms with Crippen molar-refractivity contribution in [2.24, 2.45) is 0 Å². The smallest absolute Gasteiger partial charge is 0.119 e. The molecule has 0 heterocycles. The molecule has 0 aromatic rings. The molecule has 24 heavy (non-hydrogen) atoms. The summed E-state index contributed by atoms with van der Waals surface area (Å²) in [7, 11) is 1.74. The average Bonchev–Trinajstić information content (AvgIpc) is 2.48. The minimum Gasteiger partial charge on any atom is -0.544 e. The van der Waals surface area contributed by atoms with E-state index in [1.807, 2.05) is 0 Å². The van der Waals surface area contributed by atoms with Gasteiger partial charge in [0, 0.05) is 0 Å². The van der Waals surface area contributed by atoms with Gasteiger partial charge in [0.1, 0.15) is 25.7 Å². The largest absolute Gasteiger partial charge is 0.544 e. The van der Waals surface area contributed by atoms with E-state index in [2.05, 4.69) is 6.92 Å². The molecule has 0 aromatic carbocycles. The Bertz CT molecular complexity index is 312. The molecule has 5 heteroatoms. The highest BCUT2D eigenvalue weighted by molar-refractivity contribution is 5.65. The second-order valence-corrected chi connectivity index (χ2v) is 7.40. The summed E-state index contributed by atoms with van der Waals surface area (Å²) in [6.45, 7) is 2.65. The lowest BCUT2D eigenvalue weighted by Gasteiger charge is -2.36. The van der Waals surface area contributed by atoms with E-state index in [0.717, 1.165) is 12.8 Å². The molecule has 0 spiro atoms. The molecule has 0 saturated heterocycles. The summed E-state index contributed by atoms with van der Waals surface area (Å²) in [6, 6.07) is 0. The number of aliphatic hydroxyl groups excluding tert-OH is 2. The molecule has 2 atom stereocenters. The molecular formula is C19H39NO4. The van der Waals surface area contributed by atoms with Crippen molar-refractivity contribution in [2.45, 2.75) is 83.7 Å². The molecular weight excluding hydrogens is 306 g/mol. The zero-order chi connectivity index (χ0) is 18.3. The average molecular weight is 346 g/mol. The molecule has 0 amide bonds. The maximum Gasteiger partial charge on any atom is 0.119 e. The predicted octanol–water partition coefficient (Wildman–Crippen LogP) is 1.85. The van der Waals surface area contributed by atoms with Crippen molar-refractivity contribution in [3.8, 4) is 0 Å². The van der Waals surface area contributed by atoms with Crippen LogP contribution < -0.4 is 5.11 Å². The molecule has 0 aromatic heterocycles. The van der Waals surface area contributed by atoms with E-state index in [-0.39, 0.29) is 17.6 Å². The van der Waals surface area contributed by atoms with Crippen LogP contribution >= 0.6 is 0 Å². The first kappa shape index (κ1) is 23.4. The van der Waals surface area contributed by atoms with Crippen LogP contribution in [0.5, 0.6) is 0 Å². The van der Waals surface area contributed by atoms with Gasteiger partial charge in [-0.15, -0.1) is 0 Å². The first-order chi connectivity index (χ1) is 11.4. The quantitative estimate of drug-likeness (QED) is 0.311. The van der Waals surface area contributed by atoms with Crippen LogP contribution in [-0.4, -0.2) is 60.1 Å². The standard InChI is InChI=1S/C19H39NO4/c1-3-4-5-6-7-8-9-10-11-12-13-18(22)16-20(2,14-15-21)17-19(23)24/h18,21-22H,3-17H2,1-2H3. The Kier molecular flexibility index (Phi) is 14.3. The lowest BCUT2D eigenvalue weighted by molar-refractivity contribution is -0.907. The van der Waals surface area contributed by atoms with Gasteiger partial charge in [0.15, 0.2) is 0 Å². The van der Waals surface area contributed by atoms with Crippen LogP contribution in [0.4, 0.5) is 0 Å². The molecule has 0 aliphatic heterocycles. The molecule has 0 saturated carbocycles. The van der Waals surface area contributed by atoms with Gasteiger partial charge < -0.3 is 24.6 Å². The molecule has 0 aliphatic rings. The number of hydrogen-bond acceptors (Lipinski definition) is 4. The number of nitrogens with zero attached hydrogens (tertiary/aromatic N) is 1. The van der Waals surface area contributed by atoms with Gasteiger partial charge in [-0.2, -0.15) is 0 Å². The number of carboxylic acid groups (broad SMARTS) is 1. The number of likely N-dealkylation sites (N-methyl/N-ethyl adjacent to an activating group) is 1. The van der Waals surface area contributed by atoms with Gasteiger partial charge in [0.25, 0.3) is 0 Å². The van der Waals surface area contributed by atoms with Gasteiger partial charge in [-0.1, -0.05) is 71.1 Å². The summed E-state index contributed by atoms with van der Waals surface area (Å²) in [5.41, 5.74) is 0. The van der Waals surface area contributed by atoms with Gasteiger partial charge in [-0.3, -0.25) is 0 Å². The molecule has 2 unspecified atom stereocenters. The number of hydrogen-bond donors (Lipinski definition) is 2. The summed E-state index contributed by atoms with van der Waals surface area (Å²) in [5, 5.41) is 30.0. The van der Waals surface area contributed by atoms with E-state index in [9.17, 15) is 15.0 Å². The molecule has 5 nitrogen and oxygen atoms in total. The third-order valence-corrected chi connectivity index (χ3v) is 4.69.